The average Bonchev–Trinajstić information content (AvgIpc) is 2.47. The lowest BCUT2D eigenvalue weighted by molar-refractivity contribution is 0.898. The fourth-order valence-electron chi connectivity index (χ4n) is 2.12. The van der Waals surface area contributed by atoms with E-state index in [1.165, 1.54) is 0 Å². The summed E-state index contributed by atoms with van der Waals surface area (Å²) in [5.41, 5.74) is 0.857. The minimum atomic E-state index is -0.0237. The number of hydrogen-bond donors (Lipinski definition) is 0. The molecule has 0 atom stereocenters. The van der Waals surface area contributed by atoms with Gasteiger partial charge in [-0.25, -0.2) is 0 Å². The van der Waals surface area contributed by atoms with Crippen LogP contribution in [0.3, 0.4) is 0 Å². The van der Waals surface area contributed by atoms with Gasteiger partial charge in [0.1, 0.15) is 0 Å². The second-order valence-corrected chi connectivity index (χ2v) is 7.09. The molecular weight excluding hydrogens is 370 g/mol. The maximum atomic E-state index is 12.1. The third-order valence-corrected chi connectivity index (χ3v) is 5.04. The van der Waals surface area contributed by atoms with Gasteiger partial charge in [0, 0.05) is 37.8 Å². The molecule has 2 nitrogen and oxygen atoms in total. The maximum Gasteiger partial charge on any atom is 0.251 e. The minimum absolute atomic E-state index is 0.0237. The monoisotopic (exact) mass is 379 g/mol. The first kappa shape index (κ1) is 14.7. The average molecular weight is 381 g/mol. The molecule has 21 heavy (non-hydrogen) atoms. The SMILES string of the molecule is Cn1c(=O)cc(Sc2ccc(Br)cc2)c2cc(Cl)ccc21. The number of aryl methyl sites for hydroxylation is 1. The number of hydrogen-bond acceptors (Lipinski definition) is 2. The summed E-state index contributed by atoms with van der Waals surface area (Å²) in [4.78, 5) is 14.1. The molecule has 3 aromatic rings. The maximum absolute atomic E-state index is 12.1. The summed E-state index contributed by atoms with van der Waals surface area (Å²) in [6.45, 7) is 0. The van der Waals surface area contributed by atoms with Gasteiger partial charge in [0.15, 0.2) is 0 Å². The topological polar surface area (TPSA) is 22.0 Å². The van der Waals surface area contributed by atoms with Gasteiger partial charge in [-0.3, -0.25) is 4.79 Å². The zero-order valence-corrected chi connectivity index (χ0v) is 14.3. The molecule has 3 rings (SSSR count). The van der Waals surface area contributed by atoms with Crippen molar-refractivity contribution in [2.45, 2.75) is 9.79 Å². The van der Waals surface area contributed by atoms with Crippen LogP contribution in [0.2, 0.25) is 5.02 Å². The van der Waals surface area contributed by atoms with E-state index in [0.29, 0.717) is 5.02 Å². The summed E-state index contributed by atoms with van der Waals surface area (Å²) < 4.78 is 2.67. The van der Waals surface area contributed by atoms with E-state index < -0.39 is 0 Å². The Balaban J connectivity index is 2.17. The third-order valence-electron chi connectivity index (χ3n) is 3.21. The van der Waals surface area contributed by atoms with Crippen molar-refractivity contribution in [1.82, 2.24) is 4.57 Å². The van der Waals surface area contributed by atoms with Crippen molar-refractivity contribution in [2.75, 3.05) is 0 Å². The molecule has 1 aromatic heterocycles. The normalized spacial score (nSPS) is 11.0. The van der Waals surface area contributed by atoms with Gasteiger partial charge in [-0.05, 0) is 42.5 Å². The molecule has 106 valence electrons. The third kappa shape index (κ3) is 3.03. The highest BCUT2D eigenvalue weighted by atomic mass is 79.9. The highest BCUT2D eigenvalue weighted by Gasteiger charge is 2.09. The quantitative estimate of drug-likeness (QED) is 0.616. The highest BCUT2D eigenvalue weighted by molar-refractivity contribution is 9.10. The van der Waals surface area contributed by atoms with Gasteiger partial charge in [0.25, 0.3) is 5.56 Å². The molecule has 0 aliphatic heterocycles. The fourth-order valence-corrected chi connectivity index (χ4v) is 3.51. The summed E-state index contributed by atoms with van der Waals surface area (Å²) in [6, 6.07) is 15.2. The van der Waals surface area contributed by atoms with Crippen molar-refractivity contribution < 1.29 is 0 Å². The molecule has 5 heteroatoms. The Bertz CT molecular complexity index is 874. The minimum Gasteiger partial charge on any atom is -0.311 e. The molecule has 0 unspecified atom stereocenters. The molecule has 0 aliphatic rings. The van der Waals surface area contributed by atoms with Gasteiger partial charge in [0.05, 0.1) is 5.52 Å². The number of fused-ring (bicyclic) bond motifs is 1. The number of nitrogens with zero attached hydrogens (tertiary/aromatic N) is 1. The zero-order chi connectivity index (χ0) is 15.0. The van der Waals surface area contributed by atoms with Gasteiger partial charge in [0.2, 0.25) is 0 Å². The Morgan fingerprint density at radius 1 is 1.10 bits per heavy atom. The Labute approximate surface area is 139 Å². The van der Waals surface area contributed by atoms with Crippen LogP contribution in [-0.2, 0) is 7.05 Å². The van der Waals surface area contributed by atoms with E-state index >= 15 is 0 Å². The molecule has 0 bridgehead atoms. The fraction of sp³-hybridized carbons (Fsp3) is 0.0625. The lowest BCUT2D eigenvalue weighted by atomic mass is 10.2. The molecule has 0 fully saturated rings. The second kappa shape index (κ2) is 5.87. The predicted molar refractivity (Wildman–Crippen MR) is 92.5 cm³/mol. The molecule has 2 aromatic carbocycles. The molecule has 0 saturated heterocycles. The van der Waals surface area contributed by atoms with Gasteiger partial charge in [-0.1, -0.05) is 39.3 Å². The largest absolute Gasteiger partial charge is 0.311 e. The number of aromatic nitrogens is 1. The first-order chi connectivity index (χ1) is 10.0. The summed E-state index contributed by atoms with van der Waals surface area (Å²) in [5.74, 6) is 0. The Morgan fingerprint density at radius 3 is 2.52 bits per heavy atom. The molecule has 0 amide bonds. The number of pyridine rings is 1. The van der Waals surface area contributed by atoms with Gasteiger partial charge >= 0.3 is 0 Å². The van der Waals surface area contributed by atoms with E-state index in [0.717, 1.165) is 25.2 Å². The van der Waals surface area contributed by atoms with E-state index in [1.807, 2.05) is 36.4 Å². The lowest BCUT2D eigenvalue weighted by Crippen LogP contribution is -2.16. The highest BCUT2D eigenvalue weighted by Crippen LogP contribution is 2.34. The molecule has 0 aliphatic carbocycles. The van der Waals surface area contributed by atoms with Crippen molar-refractivity contribution in [3.8, 4) is 0 Å². The van der Waals surface area contributed by atoms with E-state index in [4.69, 9.17) is 11.6 Å². The summed E-state index contributed by atoms with van der Waals surface area (Å²) >= 11 is 11.1. The van der Waals surface area contributed by atoms with Gasteiger partial charge in [-0.15, -0.1) is 0 Å². The molecule has 0 radical (unpaired) electrons. The number of benzene rings is 2. The molecular formula is C16H11BrClNOS. The van der Waals surface area contributed by atoms with Gasteiger partial charge < -0.3 is 4.57 Å². The van der Waals surface area contributed by atoms with Crippen molar-refractivity contribution in [3.63, 3.8) is 0 Å². The van der Waals surface area contributed by atoms with E-state index in [1.54, 1.807) is 35.5 Å². The smallest absolute Gasteiger partial charge is 0.251 e. The van der Waals surface area contributed by atoms with Crippen LogP contribution >= 0.6 is 39.3 Å². The van der Waals surface area contributed by atoms with Crippen LogP contribution in [0.1, 0.15) is 0 Å². The Morgan fingerprint density at radius 2 is 1.81 bits per heavy atom. The summed E-state index contributed by atoms with van der Waals surface area (Å²) in [5, 5.41) is 1.65. The van der Waals surface area contributed by atoms with E-state index in [-0.39, 0.29) is 5.56 Å². The van der Waals surface area contributed by atoms with Crippen LogP contribution < -0.4 is 5.56 Å². The number of rotatable bonds is 2. The van der Waals surface area contributed by atoms with Gasteiger partial charge in [-0.2, -0.15) is 0 Å². The number of halogens is 2. The van der Waals surface area contributed by atoms with Crippen molar-refractivity contribution in [1.29, 1.82) is 0 Å². The summed E-state index contributed by atoms with van der Waals surface area (Å²) in [7, 11) is 1.77. The van der Waals surface area contributed by atoms with Crippen LogP contribution in [0.5, 0.6) is 0 Å². The van der Waals surface area contributed by atoms with Crippen molar-refractivity contribution in [2.24, 2.45) is 7.05 Å². The zero-order valence-electron chi connectivity index (χ0n) is 11.1. The lowest BCUT2D eigenvalue weighted by Gasteiger charge is -2.10. The van der Waals surface area contributed by atoms with Crippen molar-refractivity contribution >= 4 is 50.2 Å². The van der Waals surface area contributed by atoms with Crippen LogP contribution in [0, 0.1) is 0 Å². The van der Waals surface area contributed by atoms with E-state index in [9.17, 15) is 4.79 Å². The first-order valence-electron chi connectivity index (χ1n) is 6.27. The Kier molecular flexibility index (Phi) is 4.11. The van der Waals surface area contributed by atoms with Crippen LogP contribution in [0.4, 0.5) is 0 Å². The Hall–Kier alpha value is -1.23. The summed E-state index contributed by atoms with van der Waals surface area (Å²) in [6.07, 6.45) is 0. The standard InChI is InChI=1S/C16H11BrClNOS/c1-19-14-7-4-11(18)8-13(14)15(9-16(19)20)21-12-5-2-10(17)3-6-12/h2-9H,1H3. The first-order valence-corrected chi connectivity index (χ1v) is 8.26. The second-order valence-electron chi connectivity index (χ2n) is 4.62. The van der Waals surface area contributed by atoms with Crippen LogP contribution in [0.15, 0.2) is 67.6 Å². The molecule has 0 spiro atoms. The van der Waals surface area contributed by atoms with E-state index in [2.05, 4.69) is 15.9 Å². The molecule has 0 saturated carbocycles. The van der Waals surface area contributed by atoms with Crippen molar-refractivity contribution in [3.05, 3.63) is 68.4 Å². The van der Waals surface area contributed by atoms with Crippen LogP contribution in [-0.4, -0.2) is 4.57 Å². The molecule has 1 heterocycles. The van der Waals surface area contributed by atoms with Crippen LogP contribution in [0.25, 0.3) is 10.9 Å². The predicted octanol–water partition coefficient (Wildman–Crippen LogP) is 5.11. The molecule has 0 N–H and O–H groups in total.